The summed E-state index contributed by atoms with van der Waals surface area (Å²) in [6.45, 7) is 2.47. The fourth-order valence-electron chi connectivity index (χ4n) is 3.39. The summed E-state index contributed by atoms with van der Waals surface area (Å²) in [5.41, 5.74) is 0. The second kappa shape index (κ2) is 5.72. The standard InChI is InChI=1S/C14H23NO3/c1-10-12(14(17)18)8-9-15(10)13(16)7-6-11-4-2-3-5-11/h10-12H,2-9H2,1H3,(H,17,18). The van der Waals surface area contributed by atoms with Crippen LogP contribution in [0.15, 0.2) is 0 Å². The molecule has 4 nitrogen and oxygen atoms in total. The maximum atomic E-state index is 12.1. The van der Waals surface area contributed by atoms with Gasteiger partial charge in [0.2, 0.25) is 5.91 Å². The Hall–Kier alpha value is -1.06. The summed E-state index contributed by atoms with van der Waals surface area (Å²) in [7, 11) is 0. The quantitative estimate of drug-likeness (QED) is 0.836. The minimum atomic E-state index is -0.770. The van der Waals surface area contributed by atoms with Crippen molar-refractivity contribution < 1.29 is 14.7 Å². The van der Waals surface area contributed by atoms with Crippen molar-refractivity contribution in [1.82, 2.24) is 4.90 Å². The zero-order chi connectivity index (χ0) is 13.1. The normalized spacial score (nSPS) is 28.8. The number of carbonyl (C=O) groups excluding carboxylic acids is 1. The zero-order valence-electron chi connectivity index (χ0n) is 11.1. The average molecular weight is 253 g/mol. The molecule has 4 heteroatoms. The highest BCUT2D eigenvalue weighted by atomic mass is 16.4. The van der Waals surface area contributed by atoms with Gasteiger partial charge in [0.25, 0.3) is 0 Å². The Morgan fingerprint density at radius 2 is 1.89 bits per heavy atom. The van der Waals surface area contributed by atoms with Crippen LogP contribution in [0.5, 0.6) is 0 Å². The highest BCUT2D eigenvalue weighted by Gasteiger charge is 2.37. The van der Waals surface area contributed by atoms with Crippen molar-refractivity contribution in [2.24, 2.45) is 11.8 Å². The van der Waals surface area contributed by atoms with Gasteiger partial charge in [-0.05, 0) is 25.7 Å². The second-order valence-electron chi connectivity index (χ2n) is 5.75. The molecule has 1 aliphatic carbocycles. The molecule has 0 bridgehead atoms. The van der Waals surface area contributed by atoms with Crippen LogP contribution in [-0.4, -0.2) is 34.5 Å². The van der Waals surface area contributed by atoms with Gasteiger partial charge in [0.15, 0.2) is 0 Å². The molecule has 0 aromatic carbocycles. The molecular formula is C14H23NO3. The summed E-state index contributed by atoms with van der Waals surface area (Å²) in [6, 6.07) is -0.140. The van der Waals surface area contributed by atoms with Crippen molar-refractivity contribution >= 4 is 11.9 Å². The van der Waals surface area contributed by atoms with Crippen LogP contribution in [0.25, 0.3) is 0 Å². The predicted molar refractivity (Wildman–Crippen MR) is 68.1 cm³/mol. The Morgan fingerprint density at radius 1 is 1.22 bits per heavy atom. The molecule has 0 spiro atoms. The molecule has 1 aliphatic heterocycles. The molecule has 2 fully saturated rings. The van der Waals surface area contributed by atoms with E-state index in [1.54, 1.807) is 4.90 Å². The van der Waals surface area contributed by atoms with E-state index in [0.717, 1.165) is 12.3 Å². The van der Waals surface area contributed by atoms with Gasteiger partial charge in [0.05, 0.1) is 5.92 Å². The fraction of sp³-hybridized carbons (Fsp3) is 0.857. The largest absolute Gasteiger partial charge is 0.481 e. The van der Waals surface area contributed by atoms with Gasteiger partial charge in [-0.15, -0.1) is 0 Å². The minimum Gasteiger partial charge on any atom is -0.481 e. The maximum Gasteiger partial charge on any atom is 0.308 e. The monoisotopic (exact) mass is 253 g/mol. The van der Waals surface area contributed by atoms with Crippen LogP contribution in [0.1, 0.15) is 51.9 Å². The van der Waals surface area contributed by atoms with Gasteiger partial charge in [-0.25, -0.2) is 0 Å². The first-order valence-electron chi connectivity index (χ1n) is 7.12. The van der Waals surface area contributed by atoms with Gasteiger partial charge in [-0.1, -0.05) is 25.7 Å². The van der Waals surface area contributed by atoms with Crippen molar-refractivity contribution in [3.63, 3.8) is 0 Å². The fourth-order valence-corrected chi connectivity index (χ4v) is 3.39. The zero-order valence-corrected chi connectivity index (χ0v) is 11.1. The first-order valence-corrected chi connectivity index (χ1v) is 7.12. The molecule has 1 heterocycles. The molecule has 0 aromatic heterocycles. The number of nitrogens with zero attached hydrogens (tertiary/aromatic N) is 1. The molecule has 2 rings (SSSR count). The molecule has 1 amide bonds. The van der Waals surface area contributed by atoms with Crippen molar-refractivity contribution in [2.75, 3.05) is 6.54 Å². The van der Waals surface area contributed by atoms with E-state index < -0.39 is 5.97 Å². The number of carboxylic acid groups (broad SMARTS) is 1. The van der Waals surface area contributed by atoms with E-state index in [1.165, 1.54) is 25.7 Å². The van der Waals surface area contributed by atoms with E-state index in [1.807, 2.05) is 6.92 Å². The Labute approximate surface area is 108 Å². The van der Waals surface area contributed by atoms with Crippen molar-refractivity contribution in [3.8, 4) is 0 Å². The molecule has 18 heavy (non-hydrogen) atoms. The van der Waals surface area contributed by atoms with Gasteiger partial charge in [-0.2, -0.15) is 0 Å². The van der Waals surface area contributed by atoms with Crippen molar-refractivity contribution in [1.29, 1.82) is 0 Å². The van der Waals surface area contributed by atoms with Crippen LogP contribution in [0.4, 0.5) is 0 Å². The summed E-state index contributed by atoms with van der Waals surface area (Å²) >= 11 is 0. The summed E-state index contributed by atoms with van der Waals surface area (Å²) in [6.07, 6.45) is 7.33. The lowest BCUT2D eigenvalue weighted by Crippen LogP contribution is -2.37. The Morgan fingerprint density at radius 3 is 2.44 bits per heavy atom. The van der Waals surface area contributed by atoms with Gasteiger partial charge in [0, 0.05) is 19.0 Å². The highest BCUT2D eigenvalue weighted by molar-refractivity contribution is 5.79. The molecule has 2 aliphatic rings. The van der Waals surface area contributed by atoms with E-state index in [4.69, 9.17) is 5.11 Å². The van der Waals surface area contributed by atoms with Crippen LogP contribution in [-0.2, 0) is 9.59 Å². The van der Waals surface area contributed by atoms with E-state index >= 15 is 0 Å². The van der Waals surface area contributed by atoms with E-state index in [0.29, 0.717) is 19.4 Å². The Bertz CT molecular complexity index is 323. The van der Waals surface area contributed by atoms with Gasteiger partial charge in [-0.3, -0.25) is 9.59 Å². The topological polar surface area (TPSA) is 57.6 Å². The summed E-state index contributed by atoms with van der Waals surface area (Å²) in [5, 5.41) is 9.05. The molecular weight excluding hydrogens is 230 g/mol. The maximum absolute atomic E-state index is 12.1. The molecule has 2 unspecified atom stereocenters. The van der Waals surface area contributed by atoms with Gasteiger partial charge < -0.3 is 10.0 Å². The third-order valence-electron chi connectivity index (χ3n) is 4.63. The predicted octanol–water partition coefficient (Wildman–Crippen LogP) is 2.28. The number of likely N-dealkylation sites (tertiary alicyclic amines) is 1. The molecule has 2 atom stereocenters. The number of hydrogen-bond donors (Lipinski definition) is 1. The van der Waals surface area contributed by atoms with Crippen LogP contribution < -0.4 is 0 Å². The minimum absolute atomic E-state index is 0.140. The number of hydrogen-bond acceptors (Lipinski definition) is 2. The molecule has 1 saturated heterocycles. The van der Waals surface area contributed by atoms with Gasteiger partial charge in [0.1, 0.15) is 0 Å². The summed E-state index contributed by atoms with van der Waals surface area (Å²) in [5.74, 6) is -0.269. The van der Waals surface area contributed by atoms with Crippen LogP contribution in [0, 0.1) is 11.8 Å². The van der Waals surface area contributed by atoms with Crippen molar-refractivity contribution in [2.45, 2.75) is 57.9 Å². The first-order chi connectivity index (χ1) is 8.59. The Balaban J connectivity index is 1.80. The Kier molecular flexibility index (Phi) is 4.25. The molecule has 1 N–H and O–H groups in total. The lowest BCUT2D eigenvalue weighted by atomic mass is 10.0. The van der Waals surface area contributed by atoms with Crippen LogP contribution in [0.3, 0.4) is 0 Å². The number of carbonyl (C=O) groups is 2. The molecule has 0 radical (unpaired) electrons. The summed E-state index contributed by atoms with van der Waals surface area (Å²) < 4.78 is 0. The molecule has 102 valence electrons. The third-order valence-corrected chi connectivity index (χ3v) is 4.63. The number of amides is 1. The second-order valence-corrected chi connectivity index (χ2v) is 5.75. The summed E-state index contributed by atoms with van der Waals surface area (Å²) in [4.78, 5) is 24.9. The van der Waals surface area contributed by atoms with E-state index in [2.05, 4.69) is 0 Å². The van der Waals surface area contributed by atoms with Crippen molar-refractivity contribution in [3.05, 3.63) is 0 Å². The first kappa shape index (κ1) is 13.4. The highest BCUT2D eigenvalue weighted by Crippen LogP contribution is 2.30. The van der Waals surface area contributed by atoms with E-state index in [9.17, 15) is 9.59 Å². The number of rotatable bonds is 4. The van der Waals surface area contributed by atoms with Gasteiger partial charge >= 0.3 is 5.97 Å². The molecule has 1 saturated carbocycles. The lowest BCUT2D eigenvalue weighted by Gasteiger charge is -2.23. The SMILES string of the molecule is CC1C(C(=O)O)CCN1C(=O)CCC1CCCC1. The third kappa shape index (κ3) is 2.85. The molecule has 0 aromatic rings. The average Bonchev–Trinajstić information content (AvgIpc) is 2.94. The number of carboxylic acids is 1. The number of aliphatic carboxylic acids is 1. The van der Waals surface area contributed by atoms with Crippen LogP contribution >= 0.6 is 0 Å². The van der Waals surface area contributed by atoms with E-state index in [-0.39, 0.29) is 17.9 Å². The lowest BCUT2D eigenvalue weighted by molar-refractivity contribution is -0.143. The smallest absolute Gasteiger partial charge is 0.308 e. The van der Waals surface area contributed by atoms with Crippen LogP contribution in [0.2, 0.25) is 0 Å².